The van der Waals surface area contributed by atoms with Gasteiger partial charge in [-0.3, -0.25) is 19.2 Å². The summed E-state index contributed by atoms with van der Waals surface area (Å²) in [5.74, 6) is -1.37. The third-order valence-corrected chi connectivity index (χ3v) is 35.0. The molecule has 554 valence electrons. The smallest absolute Gasteiger partial charge is 0.309 e. The first-order chi connectivity index (χ1) is 45.2. The minimum absolute atomic E-state index is 0.00449. The molecule has 4 N–H and O–H groups in total. The molecule has 2 fully saturated rings. The van der Waals surface area contributed by atoms with Crippen molar-refractivity contribution >= 4 is 64.8 Å². The number of hydrogen-bond donors (Lipinski definition) is 4. The zero-order valence-corrected chi connectivity index (χ0v) is 67.7. The van der Waals surface area contributed by atoms with Gasteiger partial charge in [0.05, 0.1) is 43.4 Å². The van der Waals surface area contributed by atoms with Gasteiger partial charge in [-0.25, -0.2) is 0 Å². The summed E-state index contributed by atoms with van der Waals surface area (Å²) >= 11 is -0.158. The van der Waals surface area contributed by atoms with Crippen molar-refractivity contribution in [3.05, 3.63) is 67.9 Å². The summed E-state index contributed by atoms with van der Waals surface area (Å²) in [6, 6.07) is 0. The van der Waals surface area contributed by atoms with Crippen molar-refractivity contribution in [1.29, 1.82) is 0 Å². The van der Waals surface area contributed by atoms with Gasteiger partial charge < -0.3 is 53.6 Å². The number of esters is 4. The number of epoxide rings is 2. The fraction of sp³-hybridized carbons (Fsp3) is 0.789. The van der Waals surface area contributed by atoms with Crippen molar-refractivity contribution < 1.29 is 87.0 Å². The molecule has 22 atom stereocenters. The average molecular weight is 1580 g/mol. The fourth-order valence-electron chi connectivity index (χ4n) is 13.5. The van der Waals surface area contributed by atoms with Crippen LogP contribution in [0.5, 0.6) is 0 Å². The van der Waals surface area contributed by atoms with Crippen LogP contribution in [0.15, 0.2) is 67.9 Å². The summed E-state index contributed by atoms with van der Waals surface area (Å²) < 4.78 is 66.4. The van der Waals surface area contributed by atoms with E-state index < -0.39 is 90.1 Å². The monoisotopic (exact) mass is 1580 g/mol. The molecule has 0 unspecified atom stereocenters. The van der Waals surface area contributed by atoms with Crippen LogP contribution in [0.1, 0.15) is 208 Å². The summed E-state index contributed by atoms with van der Waals surface area (Å²) in [4.78, 5) is 47.9. The van der Waals surface area contributed by atoms with Gasteiger partial charge in [0.1, 0.15) is 41.7 Å². The number of unbranched alkanes of at least 4 members (excludes halogenated alkanes) is 3. The third-order valence-electron chi connectivity index (χ3n) is 19.9. The quantitative estimate of drug-likeness (QED) is 0.00958. The molecule has 20 heteroatoms. The number of halogens is 1. The summed E-state index contributed by atoms with van der Waals surface area (Å²) in [5.41, 5.74) is -1.09. The first-order valence-corrected chi connectivity index (χ1v) is 44.8. The number of ether oxygens (including phenoxy) is 10. The molecule has 4 aliphatic rings. The SMILES string of the molecule is CC(=O)O[C@H]1/C=C/[C@H](C)[C@@H](/C(C)=C/I)OC(=O)C[C@H](O)CC[C@@]1(C)O.CCC[CH2][Sn](/[CH]=C/[C@@H](C)[C@H](OC)[C@H]1O[C@@H]1[C@H](C)[C@H](CC)OC)([CH2]CCC)[CH2]CCC.CC[C@H](OC)[C@@H](C)[C@H]1O[C@@H]1[C@@H](OC)[C@H](C)/C=C/C=C(\C)[C@H]1OC(=O)C[C@H](O)CC[C@@](C)(O)[C@@H](OC(C)=O)/C=C/[C@@H]1C. The Kier molecular flexibility index (Phi) is 42.4. The molecule has 0 amide bonds. The van der Waals surface area contributed by atoms with Crippen molar-refractivity contribution in [2.75, 3.05) is 28.4 Å². The molecule has 0 aromatic carbocycles. The number of carbonyl (C=O) groups is 4. The van der Waals surface area contributed by atoms with Gasteiger partial charge in [0.2, 0.25) is 0 Å². The molecule has 0 bridgehead atoms. The molecule has 2 saturated heterocycles. The number of cyclic esters (lactones) is 2. The van der Waals surface area contributed by atoms with Gasteiger partial charge in [-0.05, 0) is 87.2 Å². The minimum atomic E-state index is -2.24. The van der Waals surface area contributed by atoms with Crippen LogP contribution in [0.25, 0.3) is 0 Å². The number of allylic oxidation sites excluding steroid dienone is 2. The van der Waals surface area contributed by atoms with Gasteiger partial charge in [0, 0.05) is 51.7 Å². The Labute approximate surface area is 597 Å². The Morgan fingerprint density at radius 1 is 0.604 bits per heavy atom. The van der Waals surface area contributed by atoms with Gasteiger partial charge in [0.15, 0.2) is 0 Å². The number of methoxy groups -OCH3 is 4. The van der Waals surface area contributed by atoms with Crippen LogP contribution < -0.4 is 0 Å². The number of aliphatic hydroxyl groups is 4. The van der Waals surface area contributed by atoms with E-state index in [0.29, 0.717) is 11.8 Å². The van der Waals surface area contributed by atoms with Crippen LogP contribution in [-0.4, -0.2) is 188 Å². The van der Waals surface area contributed by atoms with Crippen LogP contribution in [0.2, 0.25) is 13.3 Å². The molecule has 0 saturated carbocycles. The van der Waals surface area contributed by atoms with E-state index in [2.05, 4.69) is 95.1 Å². The topological polar surface area (TPSA) is 248 Å². The summed E-state index contributed by atoms with van der Waals surface area (Å²) in [5, 5.41) is 42.1. The number of carbonyl (C=O) groups excluding carboxylic acids is 4. The fourth-order valence-corrected chi connectivity index (χ4v) is 28.5. The molecule has 96 heavy (non-hydrogen) atoms. The van der Waals surface area contributed by atoms with Gasteiger partial charge in [-0.15, -0.1) is 0 Å². The molecular formula is C76H131IO18Sn. The first kappa shape index (κ1) is 89.5. The van der Waals surface area contributed by atoms with E-state index in [9.17, 15) is 39.6 Å². The van der Waals surface area contributed by atoms with Crippen molar-refractivity contribution in [3.63, 3.8) is 0 Å². The normalized spacial score (nSPS) is 32.0. The van der Waals surface area contributed by atoms with Gasteiger partial charge in [-0.1, -0.05) is 87.6 Å². The van der Waals surface area contributed by atoms with E-state index >= 15 is 0 Å². The predicted octanol–water partition coefficient (Wildman–Crippen LogP) is 14.4. The van der Waals surface area contributed by atoms with Crippen molar-refractivity contribution in [2.45, 2.75) is 318 Å². The number of aliphatic hydroxyl groups excluding tert-OH is 2. The van der Waals surface area contributed by atoms with Crippen LogP contribution in [0, 0.1) is 35.5 Å². The number of rotatable bonds is 31. The Balaban J connectivity index is 0.000000508. The van der Waals surface area contributed by atoms with Crippen molar-refractivity contribution in [3.8, 4) is 0 Å². The zero-order valence-electron chi connectivity index (χ0n) is 62.7. The summed E-state index contributed by atoms with van der Waals surface area (Å²) in [6.45, 7) is 33.3. The second-order valence-electron chi connectivity index (χ2n) is 28.4. The molecule has 4 rings (SSSR count). The van der Waals surface area contributed by atoms with Crippen LogP contribution in [0.3, 0.4) is 0 Å². The third kappa shape index (κ3) is 30.6. The largest absolute Gasteiger partial charge is 0.457 e. The standard InChI is InChI=1S/C32H52O9.C18H27IO6.C14H25O3.3C4H9.Sn/c1-10-25(37-8)22(5)30-31(41-30)29(38-9)20(3)13-11-12-19(2)28-21(4)14-15-26(39-23(6)33)32(7,36)17-16-24(34)18-27(35)40-28;1-11-5-6-15(24-13(3)20)18(4,23)8-7-14(21)9-16(22)25-17(11)12(2)10-19;1-7-9(3)12(16-6)14-13(17-14)10(4)11(8-2)15-5;3*1-3-4-2;/h11-15,20-22,24-26,28-31,34,36H,10,16-18H2,1-9H3;5-6,10-11,14-15,17,21,23H,7-9H2,1-4H3;1,7,9-14H,8H2,2-6H3;3*1,3-4H2,2H3;/b13-11+,15-14+,19-12+;6-5+,12-10+;;;;;/t20-,21+,22-,24-,25+,26+,28-,29+,30-,31-,32-;11-,14+,15-,17-,18+;9-,10-,11+,12+,13-,14-;;;;/m101..../s1. The first-order valence-electron chi connectivity index (χ1n) is 35.9. The maximum absolute atomic E-state index is 12.7. The Bertz CT molecular complexity index is 2430. The zero-order chi connectivity index (χ0) is 72.7. The molecule has 0 aliphatic carbocycles. The summed E-state index contributed by atoms with van der Waals surface area (Å²) in [7, 11) is 7.10. The maximum Gasteiger partial charge on any atom is 0.309 e. The molecule has 0 aromatic rings. The molecule has 0 aromatic heterocycles. The van der Waals surface area contributed by atoms with E-state index in [1.807, 2.05) is 64.2 Å². The molecule has 4 heterocycles. The molecule has 18 nitrogen and oxygen atoms in total. The van der Waals surface area contributed by atoms with Crippen LogP contribution in [0.4, 0.5) is 0 Å². The Morgan fingerprint density at radius 3 is 1.31 bits per heavy atom. The number of hydrogen-bond acceptors (Lipinski definition) is 18. The van der Waals surface area contributed by atoms with Crippen LogP contribution >= 0.6 is 22.6 Å². The van der Waals surface area contributed by atoms with Crippen molar-refractivity contribution in [2.24, 2.45) is 35.5 Å². The molecular weight excluding hydrogens is 1450 g/mol. The van der Waals surface area contributed by atoms with Gasteiger partial charge in [-0.2, -0.15) is 0 Å². The molecule has 4 aliphatic heterocycles. The van der Waals surface area contributed by atoms with E-state index in [0.717, 1.165) is 24.0 Å². The molecule has 0 radical (unpaired) electrons. The van der Waals surface area contributed by atoms with E-state index in [-0.39, 0.29) is 111 Å². The van der Waals surface area contributed by atoms with Gasteiger partial charge >= 0.3 is 217 Å². The second-order valence-corrected chi connectivity index (χ2v) is 42.0. The van der Waals surface area contributed by atoms with Crippen LogP contribution in [-0.2, 0) is 66.5 Å². The summed E-state index contributed by atoms with van der Waals surface area (Å²) in [6.07, 6.45) is 22.0. The Hall–Kier alpha value is -2.55. The van der Waals surface area contributed by atoms with E-state index in [1.165, 1.54) is 65.7 Å². The average Bonchev–Trinajstić information content (AvgIpc) is 1.63. The minimum Gasteiger partial charge on any atom is -0.457 e. The Morgan fingerprint density at radius 2 is 0.979 bits per heavy atom. The van der Waals surface area contributed by atoms with Crippen molar-refractivity contribution in [1.82, 2.24) is 0 Å². The van der Waals surface area contributed by atoms with E-state index in [1.54, 1.807) is 52.4 Å². The second kappa shape index (κ2) is 45.4. The maximum atomic E-state index is 12.7. The van der Waals surface area contributed by atoms with E-state index in [4.69, 9.17) is 47.4 Å². The molecule has 0 spiro atoms. The van der Waals surface area contributed by atoms with Gasteiger partial charge in [0.25, 0.3) is 0 Å². The predicted molar refractivity (Wildman–Crippen MR) is 391 cm³/mol.